The van der Waals surface area contributed by atoms with E-state index in [0.717, 1.165) is 11.0 Å². The number of fused-ring (bicyclic) bond motifs is 2. The third-order valence-corrected chi connectivity index (χ3v) is 4.12. The number of aryl methyl sites for hydroxylation is 1. The molecule has 0 saturated heterocycles. The zero-order valence-corrected chi connectivity index (χ0v) is 21.0. The summed E-state index contributed by atoms with van der Waals surface area (Å²) < 4.78 is 26.8. The molecule has 0 amide bonds. The zero-order chi connectivity index (χ0) is 18.0. The minimum absolute atomic E-state index is 0. The van der Waals surface area contributed by atoms with E-state index in [9.17, 15) is 8.76 Å². The van der Waals surface area contributed by atoms with Crippen LogP contribution in [0.5, 0.6) is 5.75 Å². The second kappa shape index (κ2) is 10.9. The van der Waals surface area contributed by atoms with Crippen molar-refractivity contribution in [2.75, 3.05) is 7.11 Å². The number of hydrogen-bond donors (Lipinski definition) is 2. The largest absolute Gasteiger partial charge is 1.00 e. The maximum absolute atomic E-state index is 10.6. The van der Waals surface area contributed by atoms with E-state index in [0.29, 0.717) is 21.6 Å². The number of hydrogen-bond acceptors (Lipinski definition) is 5. The molecule has 0 spiro atoms. The molecule has 0 aliphatic rings. The fourth-order valence-corrected chi connectivity index (χ4v) is 2.83. The summed E-state index contributed by atoms with van der Waals surface area (Å²) in [6.07, 6.45) is 0. The molecule has 130 valence electrons. The van der Waals surface area contributed by atoms with Crippen LogP contribution < -0.4 is 68.8 Å². The third kappa shape index (κ3) is 6.25. The summed E-state index contributed by atoms with van der Waals surface area (Å²) in [5.74, 6) is 0.626. The molecule has 7 nitrogen and oxygen atoms in total. The summed E-state index contributed by atoms with van der Waals surface area (Å²) in [6.45, 7) is 2.06. The van der Waals surface area contributed by atoms with Crippen molar-refractivity contribution < 1.29 is 72.6 Å². The number of rotatable bonds is 2. The first kappa shape index (κ1) is 24.5. The number of benzene rings is 2. The summed E-state index contributed by atoms with van der Waals surface area (Å²) in [5, 5.41) is -0.187. The SMILES string of the molecule is COc1ccc2[n-]c(S(=O)[O-])nc2c1.Cc1ccc2[nH]c(=S)[nH]c2c1.[Na+].[Na+]. The van der Waals surface area contributed by atoms with Gasteiger partial charge in [-0.1, -0.05) is 12.1 Å². The van der Waals surface area contributed by atoms with Gasteiger partial charge in [0.25, 0.3) is 0 Å². The number of ether oxygens (including phenoxy) is 1. The van der Waals surface area contributed by atoms with Gasteiger partial charge in [0.05, 0.1) is 18.1 Å². The van der Waals surface area contributed by atoms with Crippen LogP contribution in [0.3, 0.4) is 0 Å². The van der Waals surface area contributed by atoms with Crippen molar-refractivity contribution in [3.8, 4) is 5.75 Å². The fourth-order valence-electron chi connectivity index (χ4n) is 2.27. The van der Waals surface area contributed by atoms with E-state index in [4.69, 9.17) is 17.0 Å². The summed E-state index contributed by atoms with van der Waals surface area (Å²) in [5.41, 5.74) is 4.45. The van der Waals surface area contributed by atoms with Crippen LogP contribution in [0.1, 0.15) is 5.56 Å². The maximum atomic E-state index is 10.6. The molecule has 2 aromatic carbocycles. The Morgan fingerprint density at radius 3 is 2.52 bits per heavy atom. The van der Waals surface area contributed by atoms with Gasteiger partial charge in [-0.3, -0.25) is 4.21 Å². The standard InChI is InChI=1S/C8H7N2O3S.C8H8N2S.2Na/c1-13-5-2-3-6-7(4-5)10-8(9-6)14(11)12;1-5-2-3-6-7(4-5)10-8(11)9-6;;/h2-4H,1H3,(H-,9,10,11,12);2-4H,1H3,(H2,9,10,11);;/q-1;;2*+1/p-1. The number of nitrogens with one attached hydrogen (secondary N) is 2. The van der Waals surface area contributed by atoms with Crippen LogP contribution in [0.4, 0.5) is 0 Å². The van der Waals surface area contributed by atoms with Crippen LogP contribution in [0.2, 0.25) is 0 Å². The number of aromatic amines is 2. The quantitative estimate of drug-likeness (QED) is 0.203. The predicted molar refractivity (Wildman–Crippen MR) is 97.0 cm³/mol. The van der Waals surface area contributed by atoms with Crippen molar-refractivity contribution in [3.05, 3.63) is 46.7 Å². The first-order chi connectivity index (χ1) is 12.0. The molecule has 2 aromatic heterocycles. The molecule has 11 heteroatoms. The van der Waals surface area contributed by atoms with E-state index < -0.39 is 11.1 Å². The van der Waals surface area contributed by atoms with Gasteiger partial charge in [0.1, 0.15) is 5.75 Å². The van der Waals surface area contributed by atoms with E-state index in [1.165, 1.54) is 12.7 Å². The summed E-state index contributed by atoms with van der Waals surface area (Å²) in [7, 11) is 1.53. The molecular formula is C16H14N4Na2O3S2. The zero-order valence-electron chi connectivity index (χ0n) is 15.4. The molecule has 2 N–H and O–H groups in total. The average molecular weight is 420 g/mol. The molecule has 1 atom stereocenters. The Bertz CT molecular complexity index is 1120. The van der Waals surface area contributed by atoms with Gasteiger partial charge in [0, 0.05) is 0 Å². The summed E-state index contributed by atoms with van der Waals surface area (Å²) >= 11 is 2.56. The van der Waals surface area contributed by atoms with Crippen LogP contribution >= 0.6 is 12.2 Å². The van der Waals surface area contributed by atoms with Crippen LogP contribution in [0.15, 0.2) is 41.6 Å². The van der Waals surface area contributed by atoms with Gasteiger partial charge >= 0.3 is 59.1 Å². The van der Waals surface area contributed by atoms with E-state index in [2.05, 4.69) is 39.0 Å². The molecule has 2 heterocycles. The number of imidazole rings is 2. The third-order valence-electron chi connectivity index (χ3n) is 3.44. The maximum Gasteiger partial charge on any atom is 1.00 e. The fraction of sp³-hybridized carbons (Fsp3) is 0.125. The minimum Gasteiger partial charge on any atom is -0.769 e. The van der Waals surface area contributed by atoms with E-state index in [1.54, 1.807) is 18.2 Å². The van der Waals surface area contributed by atoms with Crippen LogP contribution in [0, 0.1) is 11.7 Å². The second-order valence-corrected chi connectivity index (χ2v) is 6.47. The Labute approximate surface area is 207 Å². The Hall–Kier alpha value is -0.490. The number of nitrogens with zero attached hydrogens (tertiary/aromatic N) is 2. The van der Waals surface area contributed by atoms with Crippen molar-refractivity contribution in [2.24, 2.45) is 0 Å². The van der Waals surface area contributed by atoms with Gasteiger partial charge in [-0.05, 0) is 76.2 Å². The van der Waals surface area contributed by atoms with Crippen molar-refractivity contribution in [1.29, 1.82) is 0 Å². The van der Waals surface area contributed by atoms with Gasteiger partial charge in [-0.2, -0.15) is 0 Å². The molecule has 0 bridgehead atoms. The van der Waals surface area contributed by atoms with Crippen molar-refractivity contribution in [3.63, 3.8) is 0 Å². The molecule has 4 aromatic rings. The number of H-pyrrole nitrogens is 2. The van der Waals surface area contributed by atoms with Crippen LogP contribution in [0.25, 0.3) is 22.1 Å². The Morgan fingerprint density at radius 2 is 1.85 bits per heavy atom. The van der Waals surface area contributed by atoms with Gasteiger partial charge in [-0.25, -0.2) is 0 Å². The number of aromatic nitrogens is 4. The first-order valence-electron chi connectivity index (χ1n) is 7.22. The molecule has 4 rings (SSSR count). The van der Waals surface area contributed by atoms with Gasteiger partial charge < -0.3 is 29.2 Å². The molecule has 0 fully saturated rings. The van der Waals surface area contributed by atoms with Crippen LogP contribution in [-0.4, -0.2) is 30.8 Å². The Morgan fingerprint density at radius 1 is 1.15 bits per heavy atom. The molecule has 0 radical (unpaired) electrons. The Kier molecular flexibility index (Phi) is 9.90. The monoisotopic (exact) mass is 420 g/mol. The van der Waals surface area contributed by atoms with Crippen molar-refractivity contribution in [2.45, 2.75) is 12.1 Å². The van der Waals surface area contributed by atoms with Gasteiger partial charge in [-0.15, -0.1) is 0 Å². The van der Waals surface area contributed by atoms with Gasteiger partial charge in [0.2, 0.25) is 0 Å². The van der Waals surface area contributed by atoms with E-state index in [1.807, 2.05) is 6.07 Å². The molecule has 1 unspecified atom stereocenters. The summed E-state index contributed by atoms with van der Waals surface area (Å²) in [6, 6.07) is 11.2. The van der Waals surface area contributed by atoms with E-state index >= 15 is 0 Å². The smallest absolute Gasteiger partial charge is 0.769 e. The molecule has 0 aliphatic heterocycles. The predicted octanol–water partition coefficient (Wildman–Crippen LogP) is -3.02. The first-order valence-corrected chi connectivity index (χ1v) is 8.71. The molecule has 0 aliphatic carbocycles. The molecule has 0 saturated carbocycles. The minimum atomic E-state index is -2.38. The van der Waals surface area contributed by atoms with E-state index in [-0.39, 0.29) is 64.3 Å². The van der Waals surface area contributed by atoms with Crippen LogP contribution in [-0.2, 0) is 11.1 Å². The van der Waals surface area contributed by atoms with Crippen molar-refractivity contribution in [1.82, 2.24) is 19.9 Å². The average Bonchev–Trinajstić information content (AvgIpc) is 3.16. The normalized spacial score (nSPS) is 11.1. The summed E-state index contributed by atoms with van der Waals surface area (Å²) in [4.78, 5) is 13.7. The molecular weight excluding hydrogens is 406 g/mol. The van der Waals surface area contributed by atoms with Gasteiger partial charge in [0.15, 0.2) is 4.77 Å². The van der Waals surface area contributed by atoms with Crippen molar-refractivity contribution >= 4 is 45.4 Å². The second-order valence-electron chi connectivity index (χ2n) is 5.22. The molecule has 27 heavy (non-hydrogen) atoms. The number of methoxy groups -OCH3 is 1. The Balaban J connectivity index is 0.000000257. The topological polar surface area (TPSA) is 108 Å².